The number of phenolic OH excluding ortho intramolecular Hbond substituents is 1. The highest BCUT2D eigenvalue weighted by molar-refractivity contribution is 6.35. The maximum atomic E-state index is 10.7. The number of hydrogen-bond donors (Lipinski definition) is 2. The summed E-state index contributed by atoms with van der Waals surface area (Å²) in [4.78, 5) is 0. The zero-order valence-electron chi connectivity index (χ0n) is 17.4. The Morgan fingerprint density at radius 3 is 2.50 bits per heavy atom. The van der Waals surface area contributed by atoms with Crippen LogP contribution in [0.5, 0.6) is 28.7 Å². The van der Waals surface area contributed by atoms with Crippen LogP contribution >= 0.6 is 23.2 Å². The van der Waals surface area contributed by atoms with E-state index in [1.165, 1.54) is 6.07 Å². The monoisotopic (exact) mass is 470 g/mol. The van der Waals surface area contributed by atoms with Crippen molar-refractivity contribution in [2.75, 3.05) is 7.11 Å². The standard InChI is InChI=1S/C24H20Cl2N2O4/c1-14-24(32-22-6-4-3-5-21(22)30-2)23(28-27-14)18-10-9-17(12-20(18)29)31-13-15-7-8-16(25)11-19(15)26/h3-12,29H,13H2,1-2H3,(H,27,28). The van der Waals surface area contributed by atoms with E-state index in [1.54, 1.807) is 49.6 Å². The van der Waals surface area contributed by atoms with E-state index < -0.39 is 0 Å². The van der Waals surface area contributed by atoms with Crippen molar-refractivity contribution in [1.29, 1.82) is 0 Å². The second kappa shape index (κ2) is 9.42. The Balaban J connectivity index is 1.57. The number of phenols is 1. The first kappa shape index (κ1) is 21.9. The van der Waals surface area contributed by atoms with Gasteiger partial charge in [-0.2, -0.15) is 5.10 Å². The van der Waals surface area contributed by atoms with Gasteiger partial charge in [0.2, 0.25) is 0 Å². The predicted molar refractivity (Wildman–Crippen MR) is 124 cm³/mol. The number of benzene rings is 3. The summed E-state index contributed by atoms with van der Waals surface area (Å²) in [5.41, 5.74) is 2.47. The van der Waals surface area contributed by atoms with Gasteiger partial charge >= 0.3 is 0 Å². The van der Waals surface area contributed by atoms with E-state index in [1.807, 2.05) is 19.1 Å². The summed E-state index contributed by atoms with van der Waals surface area (Å²) in [6, 6.07) is 17.5. The number of aryl methyl sites for hydroxylation is 1. The van der Waals surface area contributed by atoms with Gasteiger partial charge in [0, 0.05) is 27.2 Å². The number of hydrogen-bond acceptors (Lipinski definition) is 5. The summed E-state index contributed by atoms with van der Waals surface area (Å²) in [7, 11) is 1.58. The minimum absolute atomic E-state index is 0.001000. The lowest BCUT2D eigenvalue weighted by molar-refractivity contribution is 0.304. The highest BCUT2D eigenvalue weighted by Crippen LogP contribution is 2.41. The Morgan fingerprint density at radius 1 is 1.00 bits per heavy atom. The number of aromatic amines is 1. The molecule has 4 aromatic rings. The van der Waals surface area contributed by atoms with Crippen LogP contribution in [0.4, 0.5) is 0 Å². The van der Waals surface area contributed by atoms with Gasteiger partial charge in [-0.15, -0.1) is 0 Å². The van der Waals surface area contributed by atoms with Gasteiger partial charge in [-0.25, -0.2) is 0 Å². The summed E-state index contributed by atoms with van der Waals surface area (Å²) in [6.07, 6.45) is 0. The summed E-state index contributed by atoms with van der Waals surface area (Å²) in [5, 5.41) is 19.0. The number of nitrogens with one attached hydrogen (secondary N) is 1. The Labute approximate surface area is 195 Å². The number of H-pyrrole nitrogens is 1. The lowest BCUT2D eigenvalue weighted by atomic mass is 10.1. The molecule has 0 aliphatic heterocycles. The smallest absolute Gasteiger partial charge is 0.176 e. The van der Waals surface area contributed by atoms with Crippen LogP contribution in [0.1, 0.15) is 11.3 Å². The van der Waals surface area contributed by atoms with Gasteiger partial charge in [-0.3, -0.25) is 5.10 Å². The molecule has 0 saturated heterocycles. The van der Waals surface area contributed by atoms with E-state index in [2.05, 4.69) is 10.2 Å². The molecule has 32 heavy (non-hydrogen) atoms. The van der Waals surface area contributed by atoms with Gasteiger partial charge in [-0.05, 0) is 43.3 Å². The third-order valence-electron chi connectivity index (χ3n) is 4.81. The van der Waals surface area contributed by atoms with Gasteiger partial charge in [-0.1, -0.05) is 41.4 Å². The molecule has 3 aromatic carbocycles. The van der Waals surface area contributed by atoms with Crippen LogP contribution in [0.15, 0.2) is 60.7 Å². The molecule has 164 valence electrons. The molecule has 0 spiro atoms. The topological polar surface area (TPSA) is 76.6 Å². The molecule has 6 nitrogen and oxygen atoms in total. The van der Waals surface area contributed by atoms with E-state index in [4.69, 9.17) is 37.4 Å². The number of ether oxygens (including phenoxy) is 3. The molecule has 2 N–H and O–H groups in total. The van der Waals surface area contributed by atoms with Gasteiger partial charge < -0.3 is 19.3 Å². The summed E-state index contributed by atoms with van der Waals surface area (Å²) in [5.74, 6) is 2.11. The number of aromatic nitrogens is 2. The Morgan fingerprint density at radius 2 is 1.78 bits per heavy atom. The second-order valence-electron chi connectivity index (χ2n) is 6.98. The number of halogens is 2. The van der Waals surface area contributed by atoms with E-state index in [0.29, 0.717) is 50.0 Å². The molecule has 0 unspecified atom stereocenters. The maximum absolute atomic E-state index is 10.7. The van der Waals surface area contributed by atoms with Crippen LogP contribution in [-0.4, -0.2) is 22.4 Å². The summed E-state index contributed by atoms with van der Waals surface area (Å²) in [6.45, 7) is 2.07. The number of methoxy groups -OCH3 is 1. The number of aromatic hydroxyl groups is 1. The fourth-order valence-electron chi connectivity index (χ4n) is 3.14. The molecule has 0 fully saturated rings. The second-order valence-corrected chi connectivity index (χ2v) is 7.83. The largest absolute Gasteiger partial charge is 0.507 e. The Kier molecular flexibility index (Phi) is 6.44. The van der Waals surface area contributed by atoms with Crippen molar-refractivity contribution in [2.24, 2.45) is 0 Å². The summed E-state index contributed by atoms with van der Waals surface area (Å²) < 4.78 is 17.2. The molecule has 0 saturated carbocycles. The van der Waals surface area contributed by atoms with Crippen molar-refractivity contribution >= 4 is 23.2 Å². The zero-order chi connectivity index (χ0) is 22.7. The average Bonchev–Trinajstić information content (AvgIpc) is 3.13. The first-order valence-electron chi connectivity index (χ1n) is 9.72. The van der Waals surface area contributed by atoms with Crippen LogP contribution in [-0.2, 0) is 6.61 Å². The number of para-hydroxylation sites is 2. The minimum atomic E-state index is 0.001000. The third kappa shape index (κ3) is 4.61. The number of rotatable bonds is 7. The first-order chi connectivity index (χ1) is 15.5. The van der Waals surface area contributed by atoms with Crippen molar-refractivity contribution in [2.45, 2.75) is 13.5 Å². The molecule has 8 heteroatoms. The minimum Gasteiger partial charge on any atom is -0.507 e. The average molecular weight is 471 g/mol. The fourth-order valence-corrected chi connectivity index (χ4v) is 3.60. The molecule has 0 atom stereocenters. The van der Waals surface area contributed by atoms with Crippen LogP contribution in [0, 0.1) is 6.92 Å². The molecule has 0 aliphatic rings. The van der Waals surface area contributed by atoms with Gasteiger partial charge in [0.15, 0.2) is 17.2 Å². The van der Waals surface area contributed by atoms with Crippen molar-refractivity contribution in [3.63, 3.8) is 0 Å². The molecular weight excluding hydrogens is 451 g/mol. The highest BCUT2D eigenvalue weighted by Gasteiger charge is 2.19. The van der Waals surface area contributed by atoms with E-state index in [9.17, 15) is 5.11 Å². The predicted octanol–water partition coefficient (Wildman–Crippen LogP) is 6.78. The van der Waals surface area contributed by atoms with E-state index >= 15 is 0 Å². The van der Waals surface area contributed by atoms with Crippen molar-refractivity contribution in [3.05, 3.63) is 82.0 Å². The first-order valence-corrected chi connectivity index (χ1v) is 10.5. The quantitative estimate of drug-likeness (QED) is 0.311. The van der Waals surface area contributed by atoms with Gasteiger partial charge in [0.1, 0.15) is 23.8 Å². The highest BCUT2D eigenvalue weighted by atomic mass is 35.5. The van der Waals surface area contributed by atoms with Crippen molar-refractivity contribution in [1.82, 2.24) is 10.2 Å². The number of nitrogens with zero attached hydrogens (tertiary/aromatic N) is 1. The summed E-state index contributed by atoms with van der Waals surface area (Å²) >= 11 is 12.1. The van der Waals surface area contributed by atoms with Crippen LogP contribution < -0.4 is 14.2 Å². The van der Waals surface area contributed by atoms with Gasteiger partial charge in [0.25, 0.3) is 0 Å². The lowest BCUT2D eigenvalue weighted by Gasteiger charge is -2.12. The fraction of sp³-hybridized carbons (Fsp3) is 0.125. The molecule has 0 amide bonds. The van der Waals surface area contributed by atoms with Crippen molar-refractivity contribution in [3.8, 4) is 40.0 Å². The SMILES string of the molecule is COc1ccccc1Oc1c(-c2ccc(OCc3ccc(Cl)cc3Cl)cc2O)n[nH]c1C. The van der Waals surface area contributed by atoms with E-state index in [0.717, 1.165) is 5.56 Å². The molecule has 0 radical (unpaired) electrons. The molecule has 0 bridgehead atoms. The Hall–Kier alpha value is -3.35. The molecule has 4 rings (SSSR count). The van der Waals surface area contributed by atoms with Crippen molar-refractivity contribution < 1.29 is 19.3 Å². The molecule has 1 heterocycles. The van der Waals surface area contributed by atoms with E-state index in [-0.39, 0.29) is 12.4 Å². The van der Waals surface area contributed by atoms with Crippen LogP contribution in [0.25, 0.3) is 11.3 Å². The zero-order valence-corrected chi connectivity index (χ0v) is 18.9. The maximum Gasteiger partial charge on any atom is 0.176 e. The normalized spacial score (nSPS) is 10.8. The lowest BCUT2D eigenvalue weighted by Crippen LogP contribution is -1.96. The van der Waals surface area contributed by atoms with Crippen LogP contribution in [0.3, 0.4) is 0 Å². The van der Waals surface area contributed by atoms with Crippen LogP contribution in [0.2, 0.25) is 10.0 Å². The Bertz CT molecular complexity index is 1260. The molecular formula is C24H20Cl2N2O4. The molecule has 0 aliphatic carbocycles. The molecule has 1 aromatic heterocycles. The van der Waals surface area contributed by atoms with Gasteiger partial charge in [0.05, 0.1) is 12.8 Å². The third-order valence-corrected chi connectivity index (χ3v) is 5.39.